The number of ether oxygens (including phenoxy) is 2. The first-order chi connectivity index (χ1) is 23.9. The average molecular weight is 773 g/mol. The Kier molecular flexibility index (Phi) is 9.35. The van der Waals surface area contributed by atoms with E-state index in [0.29, 0.717) is 26.6 Å². The fraction of sp³-hybridized carbons (Fsp3) is 0.158. The molecule has 0 atom stereocenters. The van der Waals surface area contributed by atoms with Crippen LogP contribution in [0.5, 0.6) is 11.5 Å². The van der Waals surface area contributed by atoms with Crippen LogP contribution >= 0.6 is 68.0 Å². The number of carbonyl (C=O) groups excluding carboxylic acids is 4. The van der Waals surface area contributed by atoms with Gasteiger partial charge in [0.1, 0.15) is 11.5 Å². The minimum absolute atomic E-state index is 0.00713. The van der Waals surface area contributed by atoms with Crippen LogP contribution in [0.4, 0.5) is 0 Å². The number of fused-ring (bicyclic) bond motifs is 6. The predicted molar refractivity (Wildman–Crippen MR) is 211 cm³/mol. The number of hydrogen-bond donors (Lipinski definition) is 0. The third kappa shape index (κ3) is 6.25. The number of thiophene rings is 6. The van der Waals surface area contributed by atoms with Crippen molar-refractivity contribution in [1.29, 1.82) is 0 Å². The molecular formula is C38H28O6S6. The van der Waals surface area contributed by atoms with Gasteiger partial charge in [-0.15, -0.1) is 68.0 Å². The maximum atomic E-state index is 12.2. The SMILES string of the molecule is CC(=O)Oc1c2cc(C)sc2cc2scc(C)c12.CC(=O)Oc1c2ccsc2cc2sccc12.Cc1cc2c(s1)C(=O)c1scc(C)c1C2=O. The molecule has 0 unspecified atom stereocenters. The summed E-state index contributed by atoms with van der Waals surface area (Å²) in [4.78, 5) is 50.3. The van der Waals surface area contributed by atoms with Crippen LogP contribution in [0, 0.1) is 27.7 Å². The molecule has 1 aliphatic rings. The summed E-state index contributed by atoms with van der Waals surface area (Å²) in [6.45, 7) is 10.8. The van der Waals surface area contributed by atoms with Gasteiger partial charge in [0, 0.05) is 75.1 Å². The average Bonchev–Trinajstić information content (AvgIpc) is 3.90. The Morgan fingerprint density at radius 2 is 1.18 bits per heavy atom. The van der Waals surface area contributed by atoms with E-state index >= 15 is 0 Å². The lowest BCUT2D eigenvalue weighted by Crippen LogP contribution is -2.16. The lowest BCUT2D eigenvalue weighted by molar-refractivity contribution is -0.132. The second-order valence-corrected chi connectivity index (χ2v) is 17.9. The molecule has 0 fully saturated rings. The molecule has 6 heterocycles. The summed E-state index contributed by atoms with van der Waals surface area (Å²) in [6, 6.07) is 12.2. The van der Waals surface area contributed by atoms with Gasteiger partial charge in [-0.2, -0.15) is 0 Å². The normalized spacial score (nSPS) is 12.0. The van der Waals surface area contributed by atoms with Crippen LogP contribution in [0.1, 0.15) is 65.2 Å². The minimum atomic E-state index is -0.272. The number of aryl methyl sites for hydroxylation is 4. The van der Waals surface area contributed by atoms with E-state index in [9.17, 15) is 19.2 Å². The number of carbonyl (C=O) groups is 4. The fourth-order valence-electron chi connectivity index (χ4n) is 5.92. The Morgan fingerprint density at radius 3 is 1.84 bits per heavy atom. The molecule has 0 N–H and O–H groups in total. The molecule has 1 aliphatic carbocycles. The van der Waals surface area contributed by atoms with E-state index in [-0.39, 0.29) is 23.5 Å². The summed E-state index contributed by atoms with van der Waals surface area (Å²) < 4.78 is 15.5. The highest BCUT2D eigenvalue weighted by atomic mass is 32.1. The van der Waals surface area contributed by atoms with Crippen LogP contribution in [0.25, 0.3) is 40.3 Å². The van der Waals surface area contributed by atoms with Crippen molar-refractivity contribution in [2.24, 2.45) is 0 Å². The quantitative estimate of drug-likeness (QED) is 0.128. The first kappa shape index (κ1) is 34.4. The molecule has 0 spiro atoms. The third-order valence-corrected chi connectivity index (χ3v) is 13.9. The molecular weight excluding hydrogens is 745 g/mol. The molecule has 252 valence electrons. The Morgan fingerprint density at radius 1 is 0.580 bits per heavy atom. The Labute approximate surface area is 311 Å². The van der Waals surface area contributed by atoms with Crippen molar-refractivity contribution in [1.82, 2.24) is 0 Å². The van der Waals surface area contributed by atoms with E-state index in [0.717, 1.165) is 52.7 Å². The molecule has 6 aromatic heterocycles. The smallest absolute Gasteiger partial charge is 0.308 e. The van der Waals surface area contributed by atoms with Gasteiger partial charge in [0.05, 0.1) is 9.75 Å². The van der Waals surface area contributed by atoms with Gasteiger partial charge < -0.3 is 9.47 Å². The molecule has 8 aromatic rings. The first-order valence-electron chi connectivity index (χ1n) is 15.3. The van der Waals surface area contributed by atoms with Gasteiger partial charge in [-0.1, -0.05) is 0 Å². The number of benzene rings is 2. The lowest BCUT2D eigenvalue weighted by atomic mass is 9.93. The van der Waals surface area contributed by atoms with Crippen molar-refractivity contribution in [3.63, 3.8) is 0 Å². The van der Waals surface area contributed by atoms with Crippen molar-refractivity contribution < 1.29 is 28.7 Å². The van der Waals surface area contributed by atoms with E-state index in [4.69, 9.17) is 9.47 Å². The van der Waals surface area contributed by atoms with Gasteiger partial charge in [-0.05, 0) is 96.7 Å². The molecule has 0 bridgehead atoms. The van der Waals surface area contributed by atoms with Gasteiger partial charge in [0.15, 0.2) is 5.78 Å². The van der Waals surface area contributed by atoms with Crippen molar-refractivity contribution in [3.8, 4) is 11.5 Å². The summed E-state index contributed by atoms with van der Waals surface area (Å²) in [5.74, 6) is 0.901. The van der Waals surface area contributed by atoms with Gasteiger partial charge in [-0.25, -0.2) is 0 Å². The van der Waals surface area contributed by atoms with E-state index < -0.39 is 0 Å². The van der Waals surface area contributed by atoms with E-state index in [2.05, 4.69) is 37.4 Å². The first-order valence-corrected chi connectivity index (χ1v) is 20.5. The monoisotopic (exact) mass is 772 g/mol. The minimum Gasteiger partial charge on any atom is -0.425 e. The highest BCUT2D eigenvalue weighted by molar-refractivity contribution is 7.21. The number of ketones is 2. The van der Waals surface area contributed by atoms with Crippen LogP contribution in [-0.2, 0) is 9.59 Å². The number of esters is 2. The number of rotatable bonds is 2. The zero-order valence-corrected chi connectivity index (χ0v) is 32.6. The number of hydrogen-bond acceptors (Lipinski definition) is 12. The molecule has 50 heavy (non-hydrogen) atoms. The highest BCUT2D eigenvalue weighted by Crippen LogP contribution is 2.43. The summed E-state index contributed by atoms with van der Waals surface area (Å²) in [5, 5.41) is 12.2. The second kappa shape index (κ2) is 13.6. The molecule has 6 nitrogen and oxygen atoms in total. The lowest BCUT2D eigenvalue weighted by Gasteiger charge is -2.10. The topological polar surface area (TPSA) is 86.7 Å². The zero-order chi connectivity index (χ0) is 35.4. The molecule has 0 amide bonds. The van der Waals surface area contributed by atoms with E-state index in [1.54, 1.807) is 45.3 Å². The van der Waals surface area contributed by atoms with E-state index in [1.807, 2.05) is 48.2 Å². The fourth-order valence-corrected chi connectivity index (χ4v) is 11.7. The largest absolute Gasteiger partial charge is 0.425 e. The zero-order valence-electron chi connectivity index (χ0n) is 27.7. The molecule has 0 saturated carbocycles. The predicted octanol–water partition coefficient (Wildman–Crippen LogP) is 11.9. The van der Waals surface area contributed by atoms with Crippen LogP contribution in [-0.4, -0.2) is 23.5 Å². The molecule has 0 radical (unpaired) electrons. The maximum absolute atomic E-state index is 12.2. The van der Waals surface area contributed by atoms with Crippen molar-refractivity contribution in [3.05, 3.63) is 99.7 Å². The van der Waals surface area contributed by atoms with Gasteiger partial charge >= 0.3 is 11.9 Å². The molecule has 0 aliphatic heterocycles. The Bertz CT molecular complexity index is 2600. The van der Waals surface area contributed by atoms with Crippen molar-refractivity contribution >= 4 is 132 Å². The van der Waals surface area contributed by atoms with Crippen LogP contribution in [0.2, 0.25) is 0 Å². The van der Waals surface area contributed by atoms with Gasteiger partial charge in [0.2, 0.25) is 5.78 Å². The van der Waals surface area contributed by atoms with Crippen molar-refractivity contribution in [2.75, 3.05) is 0 Å². The summed E-state index contributed by atoms with van der Waals surface area (Å²) in [5.41, 5.74) is 3.27. The highest BCUT2D eigenvalue weighted by Gasteiger charge is 2.34. The van der Waals surface area contributed by atoms with Gasteiger partial charge in [0.25, 0.3) is 0 Å². The summed E-state index contributed by atoms with van der Waals surface area (Å²) >= 11 is 9.54. The van der Waals surface area contributed by atoms with Crippen LogP contribution < -0.4 is 9.47 Å². The summed E-state index contributed by atoms with van der Waals surface area (Å²) in [7, 11) is 0. The Hall–Kier alpha value is -4.04. The maximum Gasteiger partial charge on any atom is 0.308 e. The molecule has 0 saturated heterocycles. The molecule has 9 rings (SSSR count). The van der Waals surface area contributed by atoms with Gasteiger partial charge in [-0.3, -0.25) is 19.2 Å². The third-order valence-electron chi connectivity index (χ3n) is 7.97. The van der Waals surface area contributed by atoms with E-state index in [1.165, 1.54) is 50.8 Å². The van der Waals surface area contributed by atoms with Crippen molar-refractivity contribution in [2.45, 2.75) is 41.5 Å². The van der Waals surface area contributed by atoms with Crippen LogP contribution in [0.3, 0.4) is 0 Å². The standard InChI is InChI=1S/C14H12O2S2.2C12H8O2S2/c1-7-6-17-12-5-11-10(4-8(2)18-11)14(13(7)12)16-9(3)15;1-5-4-15-12-8(5)9(13)7-3-6(2)16-11(7)10(12)14;1-7(13)14-12-8-2-4-15-10(8)6-11-9(12)3-5-16-11/h4-6H,1-3H3;3-4H,1-2H3;2-6H,1H3. The molecule has 2 aromatic carbocycles. The Balaban J connectivity index is 0.000000118. The summed E-state index contributed by atoms with van der Waals surface area (Å²) in [6.07, 6.45) is 0. The molecule has 12 heteroatoms. The second-order valence-electron chi connectivity index (χ2n) is 11.7. The van der Waals surface area contributed by atoms with Crippen LogP contribution in [0.15, 0.2) is 57.9 Å².